The van der Waals surface area contributed by atoms with Crippen molar-refractivity contribution in [2.45, 2.75) is 13.5 Å². The molecular weight excluding hydrogens is 259 g/mol. The van der Waals surface area contributed by atoms with Crippen molar-refractivity contribution in [1.29, 1.82) is 0 Å². The fraction of sp³-hybridized carbons (Fsp3) is 0.125. The van der Waals surface area contributed by atoms with Crippen molar-refractivity contribution in [1.82, 2.24) is 0 Å². The molecule has 0 fully saturated rings. The Kier molecular flexibility index (Phi) is 3.22. The van der Waals surface area contributed by atoms with Gasteiger partial charge >= 0.3 is 0 Å². The van der Waals surface area contributed by atoms with Gasteiger partial charge in [-0.05, 0) is 36.8 Å². The number of ether oxygens (including phenoxy) is 1. The Labute approximate surface area is 115 Å². The summed E-state index contributed by atoms with van der Waals surface area (Å²) in [7, 11) is 0. The predicted molar refractivity (Wildman–Crippen MR) is 77.3 cm³/mol. The molecule has 3 rings (SSSR count). The van der Waals surface area contributed by atoms with Gasteiger partial charge in [-0.1, -0.05) is 24.3 Å². The Morgan fingerprint density at radius 2 is 1.95 bits per heavy atom. The first-order chi connectivity index (χ1) is 9.24. The van der Waals surface area contributed by atoms with E-state index in [4.69, 9.17) is 4.74 Å². The molecule has 0 aliphatic heterocycles. The minimum Gasteiger partial charge on any atom is -0.488 e. The van der Waals surface area contributed by atoms with Gasteiger partial charge in [-0.15, -0.1) is 11.3 Å². The fourth-order valence-electron chi connectivity index (χ4n) is 2.02. The van der Waals surface area contributed by atoms with Crippen LogP contribution in [0.25, 0.3) is 10.1 Å². The van der Waals surface area contributed by atoms with Gasteiger partial charge in [0, 0.05) is 15.0 Å². The van der Waals surface area contributed by atoms with Crippen LogP contribution in [0.15, 0.2) is 48.5 Å². The molecule has 0 aliphatic rings. The van der Waals surface area contributed by atoms with Gasteiger partial charge in [0.1, 0.15) is 18.2 Å². The molecule has 0 unspecified atom stereocenters. The summed E-state index contributed by atoms with van der Waals surface area (Å²) in [5.41, 5.74) is 1.11. The molecule has 0 spiro atoms. The van der Waals surface area contributed by atoms with E-state index >= 15 is 0 Å². The third-order valence-corrected chi connectivity index (χ3v) is 4.10. The summed E-state index contributed by atoms with van der Waals surface area (Å²) < 4.78 is 20.3. The van der Waals surface area contributed by atoms with Crippen molar-refractivity contribution in [3.8, 4) is 5.75 Å². The van der Waals surface area contributed by atoms with Crippen LogP contribution in [0.3, 0.4) is 0 Å². The summed E-state index contributed by atoms with van der Waals surface area (Å²) in [4.78, 5) is 1.03. The Morgan fingerprint density at radius 1 is 1.11 bits per heavy atom. The van der Waals surface area contributed by atoms with E-state index < -0.39 is 0 Å². The molecule has 2 aromatic carbocycles. The molecule has 0 bridgehead atoms. The molecule has 0 radical (unpaired) electrons. The molecule has 1 nitrogen and oxygen atoms in total. The van der Waals surface area contributed by atoms with E-state index in [-0.39, 0.29) is 5.82 Å². The maximum absolute atomic E-state index is 13.6. The zero-order valence-electron chi connectivity index (χ0n) is 10.5. The van der Waals surface area contributed by atoms with E-state index in [1.807, 2.05) is 43.3 Å². The van der Waals surface area contributed by atoms with Crippen molar-refractivity contribution in [3.05, 3.63) is 64.8 Å². The normalized spacial score (nSPS) is 10.8. The number of rotatable bonds is 3. The summed E-state index contributed by atoms with van der Waals surface area (Å²) in [6.45, 7) is 2.49. The lowest BCUT2D eigenvalue weighted by molar-refractivity contribution is 0.308. The Morgan fingerprint density at radius 3 is 2.74 bits per heavy atom. The maximum atomic E-state index is 13.6. The zero-order valence-corrected chi connectivity index (χ0v) is 11.3. The Balaban J connectivity index is 1.83. The Bertz CT molecular complexity index is 718. The van der Waals surface area contributed by atoms with Crippen molar-refractivity contribution in [3.63, 3.8) is 0 Å². The number of hydrogen-bond donors (Lipinski definition) is 0. The van der Waals surface area contributed by atoms with Gasteiger partial charge in [-0.2, -0.15) is 0 Å². The topological polar surface area (TPSA) is 9.23 Å². The largest absolute Gasteiger partial charge is 0.488 e. The zero-order chi connectivity index (χ0) is 13.2. The lowest BCUT2D eigenvalue weighted by atomic mass is 10.2. The van der Waals surface area contributed by atoms with Gasteiger partial charge in [0.25, 0.3) is 0 Å². The van der Waals surface area contributed by atoms with Gasteiger partial charge in [-0.3, -0.25) is 0 Å². The fourth-order valence-corrected chi connectivity index (χ4v) is 3.01. The summed E-state index contributed by atoms with van der Waals surface area (Å²) in [6, 6.07) is 14.9. The number of fused-ring (bicyclic) bond motifs is 1. The number of halogens is 1. The van der Waals surface area contributed by atoms with E-state index in [1.165, 1.54) is 6.07 Å². The molecule has 1 aromatic heterocycles. The molecular formula is C16H13FOS. The molecule has 3 aromatic rings. The molecule has 0 N–H and O–H groups in total. The van der Waals surface area contributed by atoms with Gasteiger partial charge in [0.05, 0.1) is 0 Å². The van der Waals surface area contributed by atoms with E-state index in [9.17, 15) is 4.39 Å². The average molecular weight is 272 g/mol. The standard InChI is InChI=1S/C16H13FOS/c1-11-5-2-3-7-15(11)18-10-12-9-13-14(17)6-4-8-16(13)19-12/h2-9H,10H2,1H3. The number of hydrogen-bond acceptors (Lipinski definition) is 2. The Hall–Kier alpha value is -1.87. The van der Waals surface area contributed by atoms with Gasteiger partial charge in [-0.25, -0.2) is 4.39 Å². The van der Waals surface area contributed by atoms with E-state index in [0.29, 0.717) is 12.0 Å². The highest BCUT2D eigenvalue weighted by Crippen LogP contribution is 2.28. The summed E-state index contributed by atoms with van der Waals surface area (Å²) in [5, 5.41) is 0.677. The summed E-state index contributed by atoms with van der Waals surface area (Å²) in [6.07, 6.45) is 0. The maximum Gasteiger partial charge on any atom is 0.131 e. The summed E-state index contributed by atoms with van der Waals surface area (Å²) in [5.74, 6) is 0.705. The van der Waals surface area contributed by atoms with Crippen LogP contribution < -0.4 is 4.74 Å². The highest BCUT2D eigenvalue weighted by molar-refractivity contribution is 7.19. The van der Waals surface area contributed by atoms with E-state index in [1.54, 1.807) is 17.4 Å². The molecule has 0 atom stereocenters. The quantitative estimate of drug-likeness (QED) is 0.657. The van der Waals surface area contributed by atoms with Crippen LogP contribution in [0, 0.1) is 12.7 Å². The number of benzene rings is 2. The van der Waals surface area contributed by atoms with Crippen LogP contribution in [0.4, 0.5) is 4.39 Å². The van der Waals surface area contributed by atoms with Crippen molar-refractivity contribution in [2.24, 2.45) is 0 Å². The van der Waals surface area contributed by atoms with E-state index in [2.05, 4.69) is 0 Å². The van der Waals surface area contributed by atoms with Crippen LogP contribution >= 0.6 is 11.3 Å². The predicted octanol–water partition coefficient (Wildman–Crippen LogP) is 4.93. The second-order valence-corrected chi connectivity index (χ2v) is 5.59. The number of aryl methyl sites for hydroxylation is 1. The second kappa shape index (κ2) is 5.02. The smallest absolute Gasteiger partial charge is 0.131 e. The van der Waals surface area contributed by atoms with Crippen LogP contribution in [-0.2, 0) is 6.61 Å². The SMILES string of the molecule is Cc1ccccc1OCc1cc2c(F)cccc2s1. The summed E-state index contributed by atoms with van der Waals surface area (Å²) >= 11 is 1.57. The third-order valence-electron chi connectivity index (χ3n) is 3.02. The van der Waals surface area contributed by atoms with Gasteiger partial charge < -0.3 is 4.74 Å². The molecule has 0 saturated heterocycles. The molecule has 0 aliphatic carbocycles. The van der Waals surface area contributed by atoms with E-state index in [0.717, 1.165) is 20.9 Å². The molecule has 19 heavy (non-hydrogen) atoms. The molecule has 1 heterocycles. The lowest BCUT2D eigenvalue weighted by Gasteiger charge is -2.06. The van der Waals surface area contributed by atoms with Crippen LogP contribution in [0.1, 0.15) is 10.4 Å². The average Bonchev–Trinajstić information content (AvgIpc) is 2.82. The van der Waals surface area contributed by atoms with Crippen LogP contribution in [0.2, 0.25) is 0 Å². The lowest BCUT2D eigenvalue weighted by Crippen LogP contribution is -1.94. The first kappa shape index (κ1) is 12.2. The van der Waals surface area contributed by atoms with Crippen LogP contribution in [-0.4, -0.2) is 0 Å². The van der Waals surface area contributed by atoms with Gasteiger partial charge in [0.15, 0.2) is 0 Å². The third kappa shape index (κ3) is 2.47. The first-order valence-electron chi connectivity index (χ1n) is 6.09. The monoisotopic (exact) mass is 272 g/mol. The second-order valence-electron chi connectivity index (χ2n) is 4.42. The molecule has 3 heteroatoms. The highest BCUT2D eigenvalue weighted by atomic mass is 32.1. The molecule has 0 saturated carbocycles. The highest BCUT2D eigenvalue weighted by Gasteiger charge is 2.07. The molecule has 96 valence electrons. The van der Waals surface area contributed by atoms with Crippen molar-refractivity contribution in [2.75, 3.05) is 0 Å². The first-order valence-corrected chi connectivity index (χ1v) is 6.91. The van der Waals surface area contributed by atoms with Crippen molar-refractivity contribution >= 4 is 21.4 Å². The minimum absolute atomic E-state index is 0.170. The minimum atomic E-state index is -0.170. The molecule has 0 amide bonds. The van der Waals surface area contributed by atoms with Crippen LogP contribution in [0.5, 0.6) is 5.75 Å². The number of thiophene rings is 1. The number of para-hydroxylation sites is 1. The van der Waals surface area contributed by atoms with Crippen molar-refractivity contribution < 1.29 is 9.13 Å². The van der Waals surface area contributed by atoms with Gasteiger partial charge in [0.2, 0.25) is 0 Å².